The number of rotatable bonds is 6. The lowest BCUT2D eigenvalue weighted by atomic mass is 10.2. The summed E-state index contributed by atoms with van der Waals surface area (Å²) in [6.45, 7) is 0.680. The molecule has 0 aliphatic rings. The van der Waals surface area contributed by atoms with E-state index in [0.29, 0.717) is 13.0 Å². The number of imidazole rings is 1. The van der Waals surface area contributed by atoms with Crippen molar-refractivity contribution in [3.63, 3.8) is 0 Å². The van der Waals surface area contributed by atoms with E-state index in [2.05, 4.69) is 4.98 Å². The van der Waals surface area contributed by atoms with Gasteiger partial charge < -0.3 is 14.4 Å². The number of carboxylic acids is 1. The van der Waals surface area contributed by atoms with Gasteiger partial charge in [-0.3, -0.25) is 4.79 Å². The summed E-state index contributed by atoms with van der Waals surface area (Å²) < 4.78 is 7.07. The van der Waals surface area contributed by atoms with E-state index in [4.69, 9.17) is 9.84 Å². The normalized spacial score (nSPS) is 10.4. The van der Waals surface area contributed by atoms with Gasteiger partial charge in [-0.2, -0.15) is 0 Å². The summed E-state index contributed by atoms with van der Waals surface area (Å²) in [6.07, 6.45) is 4.10. The lowest BCUT2D eigenvalue weighted by Crippen LogP contribution is -2.07. The van der Waals surface area contributed by atoms with E-state index in [9.17, 15) is 4.79 Å². The van der Waals surface area contributed by atoms with Crippen LogP contribution in [0.3, 0.4) is 0 Å². The molecule has 1 heterocycles. The summed E-state index contributed by atoms with van der Waals surface area (Å²) in [5.74, 6) is 0.803. The second-order valence-corrected chi connectivity index (χ2v) is 4.21. The fraction of sp³-hybridized carbons (Fsp3) is 0.286. The predicted octanol–water partition coefficient (Wildman–Crippen LogP) is 1.96. The van der Waals surface area contributed by atoms with Crippen molar-refractivity contribution >= 4 is 5.97 Å². The lowest BCUT2D eigenvalue weighted by molar-refractivity contribution is -0.137. The summed E-state index contributed by atoms with van der Waals surface area (Å²) in [4.78, 5) is 14.8. The topological polar surface area (TPSA) is 64.4 Å². The lowest BCUT2D eigenvalue weighted by Gasteiger charge is -2.08. The van der Waals surface area contributed by atoms with Gasteiger partial charge in [-0.25, -0.2) is 4.98 Å². The molecule has 1 N–H and O–H groups in total. The molecule has 0 bridgehead atoms. The molecule has 1 aromatic carbocycles. The first-order valence-corrected chi connectivity index (χ1v) is 6.04. The second kappa shape index (κ2) is 6.04. The minimum absolute atomic E-state index is 0.0969. The largest absolute Gasteiger partial charge is 0.497 e. The van der Waals surface area contributed by atoms with Gasteiger partial charge in [-0.15, -0.1) is 0 Å². The molecule has 0 radical (unpaired) electrons. The standard InChI is InChI=1S/C14H16N2O3/c1-19-12-4-2-11(3-5-12)10-16-9-8-15-13(16)6-7-14(17)18/h2-5,8-9H,6-7,10H2,1H3,(H,17,18). The Bertz CT molecular complexity index is 546. The van der Waals surface area contributed by atoms with E-state index < -0.39 is 5.97 Å². The number of nitrogens with zero attached hydrogens (tertiary/aromatic N) is 2. The zero-order valence-electron chi connectivity index (χ0n) is 10.7. The van der Waals surface area contributed by atoms with Crippen LogP contribution in [0.5, 0.6) is 5.75 Å². The Morgan fingerprint density at radius 1 is 1.37 bits per heavy atom. The summed E-state index contributed by atoms with van der Waals surface area (Å²) in [5.41, 5.74) is 1.12. The number of aliphatic carboxylic acids is 1. The summed E-state index contributed by atoms with van der Waals surface area (Å²) in [7, 11) is 1.63. The number of carboxylic acid groups (broad SMARTS) is 1. The van der Waals surface area contributed by atoms with Crippen molar-refractivity contribution in [3.05, 3.63) is 48.0 Å². The fourth-order valence-corrected chi connectivity index (χ4v) is 1.86. The van der Waals surface area contributed by atoms with Crippen LogP contribution in [0.2, 0.25) is 0 Å². The maximum atomic E-state index is 10.6. The maximum absolute atomic E-state index is 10.6. The van der Waals surface area contributed by atoms with Gasteiger partial charge in [0.25, 0.3) is 0 Å². The molecule has 0 atom stereocenters. The third kappa shape index (κ3) is 3.58. The molecule has 0 saturated heterocycles. The van der Waals surface area contributed by atoms with Crippen LogP contribution >= 0.6 is 0 Å². The minimum atomic E-state index is -0.806. The van der Waals surface area contributed by atoms with Crippen LogP contribution in [-0.2, 0) is 17.8 Å². The third-order valence-electron chi connectivity index (χ3n) is 2.88. The number of methoxy groups -OCH3 is 1. The van der Waals surface area contributed by atoms with Crippen LogP contribution in [0.25, 0.3) is 0 Å². The quantitative estimate of drug-likeness (QED) is 0.862. The van der Waals surface area contributed by atoms with Gasteiger partial charge >= 0.3 is 5.97 Å². The van der Waals surface area contributed by atoms with Gasteiger partial charge in [-0.1, -0.05) is 12.1 Å². The number of carbonyl (C=O) groups is 1. The van der Waals surface area contributed by atoms with Crippen LogP contribution in [0.15, 0.2) is 36.7 Å². The molecular formula is C14H16N2O3. The van der Waals surface area contributed by atoms with E-state index >= 15 is 0 Å². The molecule has 1 aromatic heterocycles. The molecule has 2 rings (SSSR count). The zero-order chi connectivity index (χ0) is 13.7. The molecule has 0 fully saturated rings. The molecule has 19 heavy (non-hydrogen) atoms. The van der Waals surface area contributed by atoms with Crippen LogP contribution in [0.1, 0.15) is 17.8 Å². The van der Waals surface area contributed by atoms with Gasteiger partial charge in [0.1, 0.15) is 11.6 Å². The van der Waals surface area contributed by atoms with E-state index in [1.165, 1.54) is 0 Å². The highest BCUT2D eigenvalue weighted by molar-refractivity contribution is 5.66. The maximum Gasteiger partial charge on any atom is 0.303 e. The molecule has 5 nitrogen and oxygen atoms in total. The average molecular weight is 260 g/mol. The van der Waals surface area contributed by atoms with Crippen molar-refractivity contribution in [2.45, 2.75) is 19.4 Å². The van der Waals surface area contributed by atoms with Gasteiger partial charge in [0.2, 0.25) is 0 Å². The molecule has 5 heteroatoms. The Morgan fingerprint density at radius 2 is 2.11 bits per heavy atom. The van der Waals surface area contributed by atoms with E-state index in [1.807, 2.05) is 35.0 Å². The Kier molecular flexibility index (Phi) is 4.18. The number of aryl methyl sites for hydroxylation is 1. The number of hydrogen-bond donors (Lipinski definition) is 1. The van der Waals surface area contributed by atoms with Crippen LogP contribution in [-0.4, -0.2) is 27.7 Å². The smallest absolute Gasteiger partial charge is 0.303 e. The van der Waals surface area contributed by atoms with Crippen LogP contribution in [0, 0.1) is 0 Å². The van der Waals surface area contributed by atoms with Crippen molar-refractivity contribution < 1.29 is 14.6 Å². The number of benzene rings is 1. The third-order valence-corrected chi connectivity index (χ3v) is 2.88. The molecule has 0 aliphatic carbocycles. The summed E-state index contributed by atoms with van der Waals surface area (Å²) in [5, 5.41) is 8.70. The van der Waals surface area contributed by atoms with Crippen molar-refractivity contribution in [1.82, 2.24) is 9.55 Å². The molecule has 0 amide bonds. The van der Waals surface area contributed by atoms with Crippen molar-refractivity contribution in [2.24, 2.45) is 0 Å². The van der Waals surface area contributed by atoms with Crippen molar-refractivity contribution in [2.75, 3.05) is 7.11 Å². The average Bonchev–Trinajstić information content (AvgIpc) is 2.84. The first-order chi connectivity index (χ1) is 9.19. The van der Waals surface area contributed by atoms with Gasteiger partial charge in [-0.05, 0) is 17.7 Å². The highest BCUT2D eigenvalue weighted by Crippen LogP contribution is 2.13. The molecular weight excluding hydrogens is 244 g/mol. The zero-order valence-corrected chi connectivity index (χ0v) is 10.7. The Hall–Kier alpha value is -2.30. The molecule has 0 aliphatic heterocycles. The van der Waals surface area contributed by atoms with Gasteiger partial charge in [0, 0.05) is 25.4 Å². The van der Waals surface area contributed by atoms with E-state index in [1.54, 1.807) is 13.3 Å². The molecule has 100 valence electrons. The highest BCUT2D eigenvalue weighted by atomic mass is 16.5. The first-order valence-electron chi connectivity index (χ1n) is 6.04. The Morgan fingerprint density at radius 3 is 2.74 bits per heavy atom. The molecule has 0 spiro atoms. The van der Waals surface area contributed by atoms with Crippen molar-refractivity contribution in [3.8, 4) is 5.75 Å². The Balaban J connectivity index is 2.05. The van der Waals surface area contributed by atoms with Crippen LogP contribution in [0.4, 0.5) is 0 Å². The fourth-order valence-electron chi connectivity index (χ4n) is 1.86. The monoisotopic (exact) mass is 260 g/mol. The highest BCUT2D eigenvalue weighted by Gasteiger charge is 2.06. The molecule has 0 unspecified atom stereocenters. The van der Waals surface area contributed by atoms with E-state index in [0.717, 1.165) is 17.1 Å². The minimum Gasteiger partial charge on any atom is -0.497 e. The van der Waals surface area contributed by atoms with E-state index in [-0.39, 0.29) is 6.42 Å². The van der Waals surface area contributed by atoms with Crippen molar-refractivity contribution in [1.29, 1.82) is 0 Å². The SMILES string of the molecule is COc1ccc(Cn2ccnc2CCC(=O)O)cc1. The molecule has 0 saturated carbocycles. The second-order valence-electron chi connectivity index (χ2n) is 4.21. The molecule has 2 aromatic rings. The summed E-state index contributed by atoms with van der Waals surface area (Å²) >= 11 is 0. The Labute approximate surface area is 111 Å². The van der Waals surface area contributed by atoms with Gasteiger partial charge in [0.15, 0.2) is 0 Å². The predicted molar refractivity (Wildman–Crippen MR) is 70.3 cm³/mol. The number of aromatic nitrogens is 2. The summed E-state index contributed by atoms with van der Waals surface area (Å²) in [6, 6.07) is 7.78. The van der Waals surface area contributed by atoms with Crippen LogP contribution < -0.4 is 4.74 Å². The first kappa shape index (κ1) is 13.1. The number of ether oxygens (including phenoxy) is 1. The number of hydrogen-bond acceptors (Lipinski definition) is 3. The van der Waals surface area contributed by atoms with Gasteiger partial charge in [0.05, 0.1) is 13.5 Å².